The van der Waals surface area contributed by atoms with Crippen molar-refractivity contribution in [1.29, 1.82) is 0 Å². The van der Waals surface area contributed by atoms with Crippen LogP contribution in [0.2, 0.25) is 0 Å². The molecule has 0 aliphatic heterocycles. The molecule has 0 radical (unpaired) electrons. The molecule has 66 valence electrons. The average molecular weight is 172 g/mol. The highest BCUT2D eigenvalue weighted by molar-refractivity contribution is 5.96. The van der Waals surface area contributed by atoms with E-state index in [1.54, 1.807) is 6.92 Å². The van der Waals surface area contributed by atoms with Crippen molar-refractivity contribution in [3.05, 3.63) is 40.5 Å². The van der Waals surface area contributed by atoms with Gasteiger partial charge < -0.3 is 0 Å². The fraction of sp³-hybridized carbons (Fsp3) is 0.250. The Bertz CT molecular complexity index is 400. The number of carbonyl (C=O) groups is 1. The maximum absolute atomic E-state index is 11.2. The zero-order valence-electron chi connectivity index (χ0n) is 7.92. The first-order chi connectivity index (χ1) is 6.18. The first-order valence-electron chi connectivity index (χ1n) is 4.49. The summed E-state index contributed by atoms with van der Waals surface area (Å²) in [7, 11) is 0. The van der Waals surface area contributed by atoms with Gasteiger partial charge in [-0.1, -0.05) is 18.2 Å². The van der Waals surface area contributed by atoms with Crippen LogP contribution in [0.15, 0.2) is 18.2 Å². The van der Waals surface area contributed by atoms with Gasteiger partial charge in [0.1, 0.15) is 0 Å². The number of fused-ring (bicyclic) bond motifs is 1. The molecule has 0 aromatic heterocycles. The molecule has 0 heterocycles. The van der Waals surface area contributed by atoms with Crippen molar-refractivity contribution in [2.45, 2.75) is 20.3 Å². The van der Waals surface area contributed by atoms with Crippen molar-refractivity contribution in [2.24, 2.45) is 0 Å². The molecule has 0 N–H and O–H groups in total. The summed E-state index contributed by atoms with van der Waals surface area (Å²) < 4.78 is 0. The minimum absolute atomic E-state index is 0.159. The molecule has 13 heavy (non-hydrogen) atoms. The number of ketones is 1. The summed E-state index contributed by atoms with van der Waals surface area (Å²) in [6.45, 7) is 3.61. The standard InChI is InChI=1S/C12H12O/c1-8-6-10-4-3-5-11(10)7-12(8)9(2)13/h3-4,6-7H,5H2,1-2H3. The smallest absolute Gasteiger partial charge is 0.160 e. The number of hydrogen-bond donors (Lipinski definition) is 0. The van der Waals surface area contributed by atoms with E-state index in [2.05, 4.69) is 18.2 Å². The molecule has 1 nitrogen and oxygen atoms in total. The molecule has 0 bridgehead atoms. The Labute approximate surface area is 78.1 Å². The maximum atomic E-state index is 11.2. The number of hydrogen-bond acceptors (Lipinski definition) is 1. The molecule has 1 aromatic rings. The van der Waals surface area contributed by atoms with Crippen molar-refractivity contribution < 1.29 is 4.79 Å². The van der Waals surface area contributed by atoms with E-state index in [0.717, 1.165) is 17.5 Å². The molecule has 2 rings (SSSR count). The summed E-state index contributed by atoms with van der Waals surface area (Å²) in [5.74, 6) is 0.159. The highest BCUT2D eigenvalue weighted by Gasteiger charge is 2.10. The Morgan fingerprint density at radius 1 is 1.38 bits per heavy atom. The molecule has 1 aromatic carbocycles. The van der Waals surface area contributed by atoms with Crippen molar-refractivity contribution >= 4 is 11.9 Å². The minimum Gasteiger partial charge on any atom is -0.295 e. The van der Waals surface area contributed by atoms with Gasteiger partial charge in [0.25, 0.3) is 0 Å². The van der Waals surface area contributed by atoms with Crippen molar-refractivity contribution in [1.82, 2.24) is 0 Å². The van der Waals surface area contributed by atoms with Crippen LogP contribution < -0.4 is 0 Å². The number of carbonyl (C=O) groups excluding carboxylic acids is 1. The van der Waals surface area contributed by atoms with E-state index in [4.69, 9.17) is 0 Å². The lowest BCUT2D eigenvalue weighted by atomic mass is 9.98. The summed E-state index contributed by atoms with van der Waals surface area (Å²) in [6, 6.07) is 4.11. The summed E-state index contributed by atoms with van der Waals surface area (Å²) in [6.07, 6.45) is 5.22. The zero-order chi connectivity index (χ0) is 9.42. The quantitative estimate of drug-likeness (QED) is 0.595. The predicted octanol–water partition coefficient (Wildman–Crippen LogP) is 2.77. The summed E-state index contributed by atoms with van der Waals surface area (Å²) >= 11 is 0. The Balaban J connectivity index is 2.59. The second kappa shape index (κ2) is 2.84. The molecule has 0 atom stereocenters. The molecule has 0 saturated heterocycles. The van der Waals surface area contributed by atoms with Crippen molar-refractivity contribution in [3.63, 3.8) is 0 Å². The summed E-state index contributed by atoms with van der Waals surface area (Å²) in [5.41, 5.74) is 4.48. The molecule has 0 saturated carbocycles. The van der Waals surface area contributed by atoms with Crippen LogP contribution in [-0.2, 0) is 6.42 Å². The van der Waals surface area contributed by atoms with E-state index in [9.17, 15) is 4.79 Å². The monoisotopic (exact) mass is 172 g/mol. The molecule has 0 unspecified atom stereocenters. The van der Waals surface area contributed by atoms with Crippen LogP contribution in [0, 0.1) is 6.92 Å². The number of aryl methyl sites for hydroxylation is 1. The molecule has 1 aliphatic carbocycles. The lowest BCUT2D eigenvalue weighted by Gasteiger charge is -2.05. The first-order valence-corrected chi connectivity index (χ1v) is 4.49. The van der Waals surface area contributed by atoms with Gasteiger partial charge in [-0.25, -0.2) is 0 Å². The van der Waals surface area contributed by atoms with Crippen LogP contribution in [-0.4, -0.2) is 5.78 Å². The van der Waals surface area contributed by atoms with E-state index in [1.807, 2.05) is 13.0 Å². The highest BCUT2D eigenvalue weighted by Crippen LogP contribution is 2.23. The minimum atomic E-state index is 0.159. The topological polar surface area (TPSA) is 17.1 Å². The molecular formula is C12H12O. The van der Waals surface area contributed by atoms with Gasteiger partial charge in [-0.2, -0.15) is 0 Å². The number of allylic oxidation sites excluding steroid dienone is 1. The van der Waals surface area contributed by atoms with Crippen molar-refractivity contribution in [2.75, 3.05) is 0 Å². The van der Waals surface area contributed by atoms with Gasteiger partial charge in [-0.3, -0.25) is 4.79 Å². The van der Waals surface area contributed by atoms with Gasteiger partial charge in [0, 0.05) is 5.56 Å². The summed E-state index contributed by atoms with van der Waals surface area (Å²) in [5, 5.41) is 0. The second-order valence-corrected chi connectivity index (χ2v) is 3.53. The molecule has 0 spiro atoms. The van der Waals surface area contributed by atoms with Crippen LogP contribution in [0.3, 0.4) is 0 Å². The Hall–Kier alpha value is -1.37. The van der Waals surface area contributed by atoms with E-state index in [0.29, 0.717) is 0 Å². The van der Waals surface area contributed by atoms with Gasteiger partial charge in [0.2, 0.25) is 0 Å². The van der Waals surface area contributed by atoms with E-state index >= 15 is 0 Å². The van der Waals surface area contributed by atoms with E-state index in [-0.39, 0.29) is 5.78 Å². The molecule has 0 fully saturated rings. The van der Waals surface area contributed by atoms with Gasteiger partial charge >= 0.3 is 0 Å². The van der Waals surface area contributed by atoms with Crippen LogP contribution in [0.1, 0.15) is 34.0 Å². The lowest BCUT2D eigenvalue weighted by Crippen LogP contribution is -1.98. The fourth-order valence-corrected chi connectivity index (χ4v) is 1.80. The molecular weight excluding hydrogens is 160 g/mol. The molecule has 1 heteroatoms. The Morgan fingerprint density at radius 3 is 2.85 bits per heavy atom. The van der Waals surface area contributed by atoms with Gasteiger partial charge in [-0.05, 0) is 43.0 Å². The summed E-state index contributed by atoms with van der Waals surface area (Å²) in [4.78, 5) is 11.2. The van der Waals surface area contributed by atoms with E-state index < -0.39 is 0 Å². The fourth-order valence-electron chi connectivity index (χ4n) is 1.80. The zero-order valence-corrected chi connectivity index (χ0v) is 7.92. The molecule has 0 amide bonds. The third kappa shape index (κ3) is 1.31. The number of benzene rings is 1. The number of rotatable bonds is 1. The third-order valence-corrected chi connectivity index (χ3v) is 2.50. The van der Waals surface area contributed by atoms with Gasteiger partial charge in [0.15, 0.2) is 5.78 Å². The van der Waals surface area contributed by atoms with Crippen LogP contribution in [0.4, 0.5) is 0 Å². The first kappa shape index (κ1) is 8.24. The lowest BCUT2D eigenvalue weighted by molar-refractivity contribution is 0.101. The maximum Gasteiger partial charge on any atom is 0.160 e. The number of Topliss-reactive ketones (excluding diaryl/α,β-unsaturated/α-hetero) is 1. The van der Waals surface area contributed by atoms with Crippen molar-refractivity contribution in [3.8, 4) is 0 Å². The predicted molar refractivity (Wildman–Crippen MR) is 53.9 cm³/mol. The largest absolute Gasteiger partial charge is 0.295 e. The van der Waals surface area contributed by atoms with Crippen LogP contribution >= 0.6 is 0 Å². The second-order valence-electron chi connectivity index (χ2n) is 3.53. The normalized spacial score (nSPS) is 13.1. The van der Waals surface area contributed by atoms with Gasteiger partial charge in [0.05, 0.1) is 0 Å². The van der Waals surface area contributed by atoms with Crippen LogP contribution in [0.5, 0.6) is 0 Å². The highest BCUT2D eigenvalue weighted by atomic mass is 16.1. The average Bonchev–Trinajstić information content (AvgIpc) is 2.48. The SMILES string of the molecule is CC(=O)c1cc2c(cc1C)C=CC2. The molecule has 1 aliphatic rings. The third-order valence-electron chi connectivity index (χ3n) is 2.50. The Kier molecular flexibility index (Phi) is 1.80. The van der Waals surface area contributed by atoms with Crippen LogP contribution in [0.25, 0.3) is 6.08 Å². The van der Waals surface area contributed by atoms with E-state index in [1.165, 1.54) is 11.1 Å². The Morgan fingerprint density at radius 2 is 2.15 bits per heavy atom. The van der Waals surface area contributed by atoms with Gasteiger partial charge in [-0.15, -0.1) is 0 Å².